The number of ether oxygens (including phenoxy) is 1. The number of aromatic nitrogens is 1. The van der Waals surface area contributed by atoms with Gasteiger partial charge in [-0.05, 0) is 87.3 Å². The Hall–Kier alpha value is -2.76. The van der Waals surface area contributed by atoms with Gasteiger partial charge in [0.25, 0.3) is 5.91 Å². The van der Waals surface area contributed by atoms with E-state index < -0.39 is 0 Å². The summed E-state index contributed by atoms with van der Waals surface area (Å²) in [5, 5.41) is 3.39. The van der Waals surface area contributed by atoms with Crippen LogP contribution in [0.15, 0.2) is 48.3 Å². The minimum absolute atomic E-state index is 0.0188. The Morgan fingerprint density at radius 2 is 2.13 bits per heavy atom. The number of piperidine rings is 1. The molecule has 1 aromatic rings. The van der Waals surface area contributed by atoms with Crippen LogP contribution >= 0.6 is 0 Å². The van der Waals surface area contributed by atoms with Gasteiger partial charge < -0.3 is 20.7 Å². The smallest absolute Gasteiger partial charge is 0.276 e. The summed E-state index contributed by atoms with van der Waals surface area (Å²) in [6.45, 7) is 10.1. The van der Waals surface area contributed by atoms with Crippen molar-refractivity contribution in [3.05, 3.63) is 59.7 Å². The molecule has 0 radical (unpaired) electrons. The summed E-state index contributed by atoms with van der Waals surface area (Å²) in [5.41, 5.74) is 8.59. The van der Waals surface area contributed by atoms with E-state index in [1.807, 2.05) is 43.0 Å². The minimum Gasteiger partial charge on any atom is -0.491 e. The monoisotopic (exact) mass is 422 g/mol. The number of allylic oxidation sites excluding steroid dienone is 3. The first-order chi connectivity index (χ1) is 14.9. The van der Waals surface area contributed by atoms with Crippen molar-refractivity contribution in [2.75, 3.05) is 19.7 Å². The maximum absolute atomic E-state index is 13.6. The number of hydrogen-bond donors (Lipinski definition) is 2. The number of amides is 1. The zero-order chi connectivity index (χ0) is 22.0. The molecule has 166 valence electrons. The molecule has 1 aromatic heterocycles. The molecule has 3 atom stereocenters. The molecule has 31 heavy (non-hydrogen) atoms. The Labute approximate surface area is 185 Å². The summed E-state index contributed by atoms with van der Waals surface area (Å²) in [6.07, 6.45) is 10.1. The van der Waals surface area contributed by atoms with Crippen LogP contribution in [0.3, 0.4) is 0 Å². The van der Waals surface area contributed by atoms with E-state index in [0.717, 1.165) is 35.8 Å². The second kappa shape index (κ2) is 9.16. The number of carbonyl (C=O) groups excluding carboxylic acids is 1. The van der Waals surface area contributed by atoms with Gasteiger partial charge in [0.05, 0.1) is 6.61 Å². The van der Waals surface area contributed by atoms with Gasteiger partial charge in [-0.25, -0.2) is 4.98 Å². The second-order valence-corrected chi connectivity index (χ2v) is 9.31. The molecule has 1 amide bonds. The highest BCUT2D eigenvalue weighted by molar-refractivity contribution is 5.95. The van der Waals surface area contributed by atoms with Gasteiger partial charge >= 0.3 is 0 Å². The summed E-state index contributed by atoms with van der Waals surface area (Å²) < 4.78 is 6.00. The number of nitrogens with two attached hydrogens (primary N) is 1. The molecule has 3 aliphatic rings. The Kier molecular flexibility index (Phi) is 6.35. The largest absolute Gasteiger partial charge is 0.491 e. The van der Waals surface area contributed by atoms with Crippen molar-refractivity contribution in [3.63, 3.8) is 0 Å². The number of nitrogens with zero attached hydrogens (tertiary/aromatic N) is 2. The van der Waals surface area contributed by atoms with E-state index in [-0.39, 0.29) is 11.9 Å². The average molecular weight is 423 g/mol. The van der Waals surface area contributed by atoms with Gasteiger partial charge in [0.15, 0.2) is 11.4 Å². The molecular weight excluding hydrogens is 388 g/mol. The van der Waals surface area contributed by atoms with Gasteiger partial charge in [0, 0.05) is 30.5 Å². The van der Waals surface area contributed by atoms with Crippen LogP contribution in [0.4, 0.5) is 0 Å². The molecule has 3 N–H and O–H groups in total. The predicted octanol–water partition coefficient (Wildman–Crippen LogP) is 3.55. The van der Waals surface area contributed by atoms with Crippen LogP contribution in [0, 0.1) is 24.7 Å². The molecule has 6 heteroatoms. The number of nitrogens with one attached hydrogen (secondary N) is 1. The van der Waals surface area contributed by atoms with Crippen LogP contribution in [0.1, 0.15) is 48.8 Å². The quantitative estimate of drug-likeness (QED) is 0.595. The second-order valence-electron chi connectivity index (χ2n) is 9.31. The zero-order valence-electron chi connectivity index (χ0n) is 18.6. The highest BCUT2D eigenvalue weighted by Gasteiger charge is 2.47. The number of aryl methyl sites for hydroxylation is 1. The molecule has 0 unspecified atom stereocenters. The lowest BCUT2D eigenvalue weighted by Crippen LogP contribution is -2.49. The number of rotatable bonds is 9. The Bertz CT molecular complexity index is 903. The van der Waals surface area contributed by atoms with Crippen molar-refractivity contribution >= 4 is 5.91 Å². The number of likely N-dealkylation sites (tertiary alicyclic amines) is 1. The van der Waals surface area contributed by atoms with E-state index >= 15 is 0 Å². The third-order valence-electron chi connectivity index (χ3n) is 6.52. The molecule has 0 aromatic carbocycles. The van der Waals surface area contributed by atoms with Crippen LogP contribution in [0.25, 0.3) is 0 Å². The minimum atomic E-state index is -0.0188. The van der Waals surface area contributed by atoms with Crippen molar-refractivity contribution in [1.82, 2.24) is 15.2 Å². The Balaban J connectivity index is 1.46. The van der Waals surface area contributed by atoms with Gasteiger partial charge in [0.2, 0.25) is 0 Å². The van der Waals surface area contributed by atoms with Crippen LogP contribution < -0.4 is 15.8 Å². The van der Waals surface area contributed by atoms with Crippen molar-refractivity contribution in [3.8, 4) is 5.75 Å². The molecule has 0 bridgehead atoms. The first-order valence-electron chi connectivity index (χ1n) is 11.4. The number of carbonyl (C=O) groups is 1. The van der Waals surface area contributed by atoms with E-state index in [0.29, 0.717) is 36.4 Å². The normalized spacial score (nSPS) is 25.3. The lowest BCUT2D eigenvalue weighted by molar-refractivity contribution is 0.0592. The maximum Gasteiger partial charge on any atom is 0.276 e. The summed E-state index contributed by atoms with van der Waals surface area (Å²) in [6, 6.07) is 3.93. The SMILES string of the molecule is C=C(/C=C\C(C)=C/N)NC[C@@H]1C[C@H]2C[C@H]2CN1C(=O)c1nc(C)ccc1OCC1CC1. The average Bonchev–Trinajstić information content (AvgIpc) is 3.69. The third-order valence-corrected chi connectivity index (χ3v) is 6.52. The lowest BCUT2D eigenvalue weighted by Gasteiger charge is -2.36. The highest BCUT2D eigenvalue weighted by Crippen LogP contribution is 2.47. The molecule has 2 aliphatic carbocycles. The lowest BCUT2D eigenvalue weighted by atomic mass is 10.0. The first kappa shape index (κ1) is 21.5. The Morgan fingerprint density at radius 3 is 2.87 bits per heavy atom. The van der Waals surface area contributed by atoms with Crippen LogP contribution in [-0.4, -0.2) is 41.5 Å². The van der Waals surface area contributed by atoms with E-state index in [4.69, 9.17) is 10.5 Å². The predicted molar refractivity (Wildman–Crippen MR) is 122 cm³/mol. The summed E-state index contributed by atoms with van der Waals surface area (Å²) >= 11 is 0. The fourth-order valence-electron chi connectivity index (χ4n) is 4.18. The van der Waals surface area contributed by atoms with E-state index in [1.165, 1.54) is 19.3 Å². The summed E-state index contributed by atoms with van der Waals surface area (Å²) in [4.78, 5) is 20.2. The fraction of sp³-hybridized carbons (Fsp3) is 0.520. The third kappa shape index (κ3) is 5.49. The maximum atomic E-state index is 13.6. The van der Waals surface area contributed by atoms with E-state index in [9.17, 15) is 4.79 Å². The molecule has 2 heterocycles. The Morgan fingerprint density at radius 1 is 1.32 bits per heavy atom. The fourth-order valence-corrected chi connectivity index (χ4v) is 4.18. The molecule has 6 nitrogen and oxygen atoms in total. The van der Waals surface area contributed by atoms with Gasteiger partial charge in [-0.3, -0.25) is 4.79 Å². The highest BCUT2D eigenvalue weighted by atomic mass is 16.5. The zero-order valence-corrected chi connectivity index (χ0v) is 18.6. The molecule has 4 rings (SSSR count). The van der Waals surface area contributed by atoms with Crippen LogP contribution in [-0.2, 0) is 0 Å². The number of hydrogen-bond acceptors (Lipinski definition) is 5. The van der Waals surface area contributed by atoms with Crippen molar-refractivity contribution in [1.29, 1.82) is 0 Å². The van der Waals surface area contributed by atoms with E-state index in [1.54, 1.807) is 6.20 Å². The standard InChI is InChI=1S/C25H34N4O2/c1-16(12-26)4-5-17(2)27-13-22-11-20-10-21(20)14-29(22)25(30)24-23(9-6-18(3)28-24)31-15-19-7-8-19/h4-6,9,12,19-22,27H,2,7-8,10-11,13-15,26H2,1,3H3/b5-4-,16-12-/t20-,21+,22+/m1/s1. The molecule has 1 aliphatic heterocycles. The van der Waals surface area contributed by atoms with Crippen molar-refractivity contribution in [2.24, 2.45) is 23.5 Å². The van der Waals surface area contributed by atoms with Gasteiger partial charge in [-0.2, -0.15) is 0 Å². The van der Waals surface area contributed by atoms with Gasteiger partial charge in [0.1, 0.15) is 0 Å². The summed E-state index contributed by atoms with van der Waals surface area (Å²) in [7, 11) is 0. The number of pyridine rings is 1. The van der Waals surface area contributed by atoms with Crippen molar-refractivity contribution < 1.29 is 9.53 Å². The molecule has 2 saturated carbocycles. The van der Waals surface area contributed by atoms with E-state index in [2.05, 4.69) is 16.9 Å². The number of fused-ring (bicyclic) bond motifs is 1. The van der Waals surface area contributed by atoms with Crippen LogP contribution in [0.5, 0.6) is 5.75 Å². The van der Waals surface area contributed by atoms with Gasteiger partial charge in [-0.15, -0.1) is 0 Å². The first-order valence-corrected chi connectivity index (χ1v) is 11.4. The molecule has 0 spiro atoms. The topological polar surface area (TPSA) is 80.5 Å². The summed E-state index contributed by atoms with van der Waals surface area (Å²) in [5.74, 6) is 2.58. The molecule has 3 fully saturated rings. The molecule has 1 saturated heterocycles. The van der Waals surface area contributed by atoms with Gasteiger partial charge in [-0.1, -0.05) is 12.7 Å². The molecular formula is C25H34N4O2. The van der Waals surface area contributed by atoms with Crippen molar-refractivity contribution in [2.45, 2.75) is 45.6 Å². The van der Waals surface area contributed by atoms with Crippen LogP contribution in [0.2, 0.25) is 0 Å².